The van der Waals surface area contributed by atoms with Gasteiger partial charge < -0.3 is 24.4 Å². The topological polar surface area (TPSA) is 125 Å². The smallest absolute Gasteiger partial charge is 0.296 e. The third-order valence-corrected chi connectivity index (χ3v) is 6.66. The van der Waals surface area contributed by atoms with E-state index in [0.29, 0.717) is 46.2 Å². The second-order valence-corrected chi connectivity index (χ2v) is 9.74. The van der Waals surface area contributed by atoms with Crippen molar-refractivity contribution in [3.05, 3.63) is 55.0 Å². The molecule has 4 aromatic heterocycles. The van der Waals surface area contributed by atoms with Crippen molar-refractivity contribution in [1.29, 1.82) is 0 Å². The van der Waals surface area contributed by atoms with E-state index in [9.17, 15) is 8.78 Å². The predicted octanol–water partition coefficient (Wildman–Crippen LogP) is 4.42. The molecule has 12 nitrogen and oxygen atoms in total. The quantitative estimate of drug-likeness (QED) is 0.288. The van der Waals surface area contributed by atoms with Gasteiger partial charge in [-0.25, -0.2) is 28.7 Å². The van der Waals surface area contributed by atoms with Crippen LogP contribution < -0.4 is 19.5 Å². The first-order valence-corrected chi connectivity index (χ1v) is 13.0. The Morgan fingerprint density at radius 1 is 1.15 bits per heavy atom. The minimum absolute atomic E-state index is 0.0789. The Hall–Kier alpha value is -4.72. The maximum absolute atomic E-state index is 15.0. The van der Waals surface area contributed by atoms with E-state index in [1.807, 2.05) is 19.1 Å². The first-order valence-electron chi connectivity index (χ1n) is 13.0. The summed E-state index contributed by atoms with van der Waals surface area (Å²) in [6.45, 7) is 4.03. The zero-order valence-corrected chi connectivity index (χ0v) is 22.6. The van der Waals surface area contributed by atoms with Gasteiger partial charge in [0.05, 0.1) is 42.6 Å². The zero-order chi connectivity index (χ0) is 28.6. The van der Waals surface area contributed by atoms with Crippen molar-refractivity contribution in [2.24, 2.45) is 0 Å². The van der Waals surface area contributed by atoms with Crippen LogP contribution in [0.5, 0.6) is 23.1 Å². The molecule has 0 radical (unpaired) electrons. The number of fused-ring (bicyclic) bond motifs is 2. The summed E-state index contributed by atoms with van der Waals surface area (Å²) in [4.78, 5) is 18.8. The molecule has 14 heteroatoms. The summed E-state index contributed by atoms with van der Waals surface area (Å²) in [5.41, 5.74) is 1.94. The number of anilines is 2. The number of nitrogens with one attached hydrogen (secondary N) is 1. The number of aryl methyl sites for hydroxylation is 1. The summed E-state index contributed by atoms with van der Waals surface area (Å²) < 4.78 is 49.3. The Bertz CT molecular complexity index is 1710. The number of benzene rings is 1. The molecule has 1 N–H and O–H groups in total. The molecule has 1 atom stereocenters. The van der Waals surface area contributed by atoms with Crippen LogP contribution in [-0.4, -0.2) is 78.2 Å². The van der Waals surface area contributed by atoms with Gasteiger partial charge in [0.2, 0.25) is 0 Å². The number of hydrogen-bond acceptors (Lipinski definition) is 11. The molecule has 1 saturated heterocycles. The third kappa shape index (κ3) is 5.37. The highest BCUT2D eigenvalue weighted by atomic mass is 19.3. The van der Waals surface area contributed by atoms with Crippen molar-refractivity contribution in [3.8, 4) is 23.1 Å². The lowest BCUT2D eigenvalue weighted by molar-refractivity contribution is -0.135. The minimum Gasteiger partial charge on any atom is -0.478 e. The molecule has 1 aliphatic rings. The summed E-state index contributed by atoms with van der Waals surface area (Å²) in [7, 11) is 1.66. The lowest BCUT2D eigenvalue weighted by Gasteiger charge is -2.36. The van der Waals surface area contributed by atoms with E-state index >= 15 is 0 Å². The molecule has 0 amide bonds. The standard InChI is InChI=1S/C27H27F2N9O3/c1-4-39-25-23(41-21-7-8-37(3)13-27(21,28)29)22-19(11-30-25)32-14-33-24(22)35-17-5-6-20(16(2)9-17)40-18-10-31-26-36-34-15-38(26)12-18/h5-6,9-12,14-15,21H,4,7-8,13H2,1-3H3,(H,32,33,35)/t21-/m1/s1. The number of hydrogen-bond donors (Lipinski definition) is 1. The first kappa shape index (κ1) is 26.5. The number of nitrogens with zero attached hydrogens (tertiary/aromatic N) is 8. The second-order valence-electron chi connectivity index (χ2n) is 9.74. The third-order valence-electron chi connectivity index (χ3n) is 6.66. The van der Waals surface area contributed by atoms with Gasteiger partial charge in [0, 0.05) is 18.7 Å². The second kappa shape index (κ2) is 10.7. The highest BCUT2D eigenvalue weighted by Crippen LogP contribution is 2.41. The van der Waals surface area contributed by atoms with Gasteiger partial charge in [-0.1, -0.05) is 0 Å². The number of pyridine rings is 1. The van der Waals surface area contributed by atoms with Crippen molar-refractivity contribution in [2.75, 3.05) is 32.1 Å². The van der Waals surface area contributed by atoms with Gasteiger partial charge in [0.1, 0.15) is 24.2 Å². The van der Waals surface area contributed by atoms with Crippen molar-refractivity contribution in [2.45, 2.75) is 32.3 Å². The Labute approximate surface area is 233 Å². The lowest BCUT2D eigenvalue weighted by Crippen LogP contribution is -2.52. The number of aromatic nitrogens is 7. The maximum atomic E-state index is 15.0. The van der Waals surface area contributed by atoms with E-state index in [2.05, 4.69) is 35.5 Å². The largest absolute Gasteiger partial charge is 0.478 e. The number of ether oxygens (including phenoxy) is 3. The molecule has 5 aromatic rings. The molecule has 41 heavy (non-hydrogen) atoms. The molecule has 0 spiro atoms. The van der Waals surface area contributed by atoms with Crippen LogP contribution in [0.2, 0.25) is 0 Å². The molecule has 5 heterocycles. The number of piperidine rings is 1. The Morgan fingerprint density at radius 2 is 2.02 bits per heavy atom. The maximum Gasteiger partial charge on any atom is 0.296 e. The van der Waals surface area contributed by atoms with Crippen LogP contribution in [0.25, 0.3) is 16.7 Å². The highest BCUT2D eigenvalue weighted by molar-refractivity contribution is 5.96. The summed E-state index contributed by atoms with van der Waals surface area (Å²) in [6, 6.07) is 5.50. The van der Waals surface area contributed by atoms with E-state index in [4.69, 9.17) is 14.2 Å². The average molecular weight is 564 g/mol. The van der Waals surface area contributed by atoms with E-state index in [0.717, 1.165) is 5.56 Å². The van der Waals surface area contributed by atoms with Gasteiger partial charge in [0.15, 0.2) is 17.6 Å². The molecule has 0 aliphatic carbocycles. The highest BCUT2D eigenvalue weighted by Gasteiger charge is 2.46. The van der Waals surface area contributed by atoms with Crippen LogP contribution in [0.3, 0.4) is 0 Å². The molecular weight excluding hydrogens is 536 g/mol. The first-order chi connectivity index (χ1) is 19.8. The van der Waals surface area contributed by atoms with Crippen LogP contribution >= 0.6 is 0 Å². The van der Waals surface area contributed by atoms with Crippen molar-refractivity contribution in [3.63, 3.8) is 0 Å². The number of likely N-dealkylation sites (tertiary alicyclic amines) is 1. The van der Waals surface area contributed by atoms with E-state index in [1.165, 1.54) is 12.5 Å². The lowest BCUT2D eigenvalue weighted by atomic mass is 10.0. The molecule has 212 valence electrons. The monoisotopic (exact) mass is 563 g/mol. The fourth-order valence-electron chi connectivity index (χ4n) is 4.70. The van der Waals surface area contributed by atoms with Crippen LogP contribution in [0.15, 0.2) is 49.4 Å². The van der Waals surface area contributed by atoms with E-state index < -0.39 is 18.6 Å². The van der Waals surface area contributed by atoms with Gasteiger partial charge >= 0.3 is 0 Å². The summed E-state index contributed by atoms with van der Waals surface area (Å²) in [5.74, 6) is -0.916. The average Bonchev–Trinajstić information content (AvgIpc) is 3.41. The van der Waals surface area contributed by atoms with Crippen LogP contribution in [0.1, 0.15) is 18.9 Å². The molecule has 0 bridgehead atoms. The van der Waals surface area contributed by atoms with Crippen molar-refractivity contribution >= 4 is 28.2 Å². The summed E-state index contributed by atoms with van der Waals surface area (Å²) >= 11 is 0. The van der Waals surface area contributed by atoms with Crippen molar-refractivity contribution < 1.29 is 23.0 Å². The number of alkyl halides is 2. The SMILES string of the molecule is CCOc1ncc2ncnc(Nc3ccc(Oc4cnc5nncn5c4)c(C)c3)c2c1O[C@@H]1CCN(C)CC1(F)F. The normalized spacial score (nSPS) is 17.0. The van der Waals surface area contributed by atoms with Gasteiger partial charge in [-0.05, 0) is 44.7 Å². The van der Waals surface area contributed by atoms with Crippen LogP contribution in [0.4, 0.5) is 20.3 Å². The molecule has 6 rings (SSSR count). The summed E-state index contributed by atoms with van der Waals surface area (Å²) in [5, 5.41) is 11.4. The Kier molecular flexibility index (Phi) is 6.91. The number of rotatable bonds is 8. The number of halogens is 2. The van der Waals surface area contributed by atoms with E-state index in [-0.39, 0.29) is 24.7 Å². The Balaban J connectivity index is 1.32. The van der Waals surface area contributed by atoms with Crippen molar-refractivity contribution in [1.82, 2.24) is 39.4 Å². The Morgan fingerprint density at radius 3 is 2.83 bits per heavy atom. The molecule has 1 aliphatic heterocycles. The minimum atomic E-state index is -3.07. The van der Waals surface area contributed by atoms with Crippen LogP contribution in [0, 0.1) is 6.92 Å². The van der Waals surface area contributed by atoms with Crippen LogP contribution in [-0.2, 0) is 0 Å². The molecular formula is C27H27F2N9O3. The van der Waals surface area contributed by atoms with E-state index in [1.54, 1.807) is 48.1 Å². The molecule has 1 aromatic carbocycles. The zero-order valence-electron chi connectivity index (χ0n) is 22.6. The molecule has 0 unspecified atom stereocenters. The summed E-state index contributed by atoms with van der Waals surface area (Å²) in [6.07, 6.45) is 6.52. The predicted molar refractivity (Wildman–Crippen MR) is 145 cm³/mol. The van der Waals surface area contributed by atoms with Gasteiger partial charge in [-0.2, -0.15) is 0 Å². The fourth-order valence-corrected chi connectivity index (χ4v) is 4.70. The van der Waals surface area contributed by atoms with Gasteiger partial charge in [-0.3, -0.25) is 4.40 Å². The molecule has 1 fully saturated rings. The van der Waals surface area contributed by atoms with Gasteiger partial charge in [-0.15, -0.1) is 10.2 Å². The molecule has 0 saturated carbocycles. The van der Waals surface area contributed by atoms with Gasteiger partial charge in [0.25, 0.3) is 17.6 Å². The fraction of sp³-hybridized carbons (Fsp3) is 0.333.